The molecule has 2 aliphatic rings. The Morgan fingerprint density at radius 3 is 2.45 bits per heavy atom. The maximum Gasteiger partial charge on any atom is 0.123 e. The van der Waals surface area contributed by atoms with Crippen molar-refractivity contribution >= 4 is 12.4 Å². The summed E-state index contributed by atoms with van der Waals surface area (Å²) in [6, 6.07) is 7.78. The van der Waals surface area contributed by atoms with E-state index >= 15 is 0 Å². The van der Waals surface area contributed by atoms with Crippen molar-refractivity contribution in [3.63, 3.8) is 0 Å². The zero-order chi connectivity index (χ0) is 14.7. The summed E-state index contributed by atoms with van der Waals surface area (Å²) in [5.41, 5.74) is 1.25. The molecule has 0 aliphatic carbocycles. The maximum atomic E-state index is 13.0. The summed E-state index contributed by atoms with van der Waals surface area (Å²) in [6.45, 7) is 6.99. The van der Waals surface area contributed by atoms with Crippen LogP contribution in [-0.2, 0) is 0 Å². The Balaban J connectivity index is 0.00000176. The lowest BCUT2D eigenvalue weighted by atomic mass is 9.88. The molecule has 0 aromatic heterocycles. The van der Waals surface area contributed by atoms with Crippen LogP contribution < -0.4 is 5.32 Å². The summed E-state index contributed by atoms with van der Waals surface area (Å²) in [7, 11) is 0. The quantitative estimate of drug-likeness (QED) is 0.905. The highest BCUT2D eigenvalue weighted by Crippen LogP contribution is 2.27. The molecule has 2 aliphatic heterocycles. The molecule has 0 amide bonds. The average Bonchev–Trinajstić information content (AvgIpc) is 3.03. The number of likely N-dealkylation sites (tertiary alicyclic amines) is 1. The van der Waals surface area contributed by atoms with Crippen molar-refractivity contribution < 1.29 is 4.39 Å². The van der Waals surface area contributed by atoms with Crippen molar-refractivity contribution in [1.29, 1.82) is 0 Å². The Kier molecular flexibility index (Phi) is 6.66. The number of rotatable bonds is 4. The average molecular weight is 327 g/mol. The van der Waals surface area contributed by atoms with Crippen LogP contribution >= 0.6 is 12.4 Å². The molecule has 1 aromatic carbocycles. The molecule has 0 radical (unpaired) electrons. The van der Waals surface area contributed by atoms with Gasteiger partial charge in [0, 0.05) is 12.6 Å². The summed E-state index contributed by atoms with van der Waals surface area (Å²) in [6.07, 6.45) is 5.38. The number of piperidine rings is 1. The molecule has 2 saturated heterocycles. The van der Waals surface area contributed by atoms with Crippen LogP contribution in [0, 0.1) is 11.7 Å². The van der Waals surface area contributed by atoms with Crippen molar-refractivity contribution in [1.82, 2.24) is 10.2 Å². The molecule has 22 heavy (non-hydrogen) atoms. The van der Waals surface area contributed by atoms with Crippen LogP contribution in [0.2, 0.25) is 0 Å². The van der Waals surface area contributed by atoms with Crippen LogP contribution in [0.3, 0.4) is 0 Å². The lowest BCUT2D eigenvalue weighted by Crippen LogP contribution is -2.41. The van der Waals surface area contributed by atoms with Gasteiger partial charge in [-0.1, -0.05) is 19.1 Å². The van der Waals surface area contributed by atoms with E-state index in [-0.39, 0.29) is 18.2 Å². The minimum absolute atomic E-state index is 0. The second kappa shape index (κ2) is 8.28. The summed E-state index contributed by atoms with van der Waals surface area (Å²) >= 11 is 0. The summed E-state index contributed by atoms with van der Waals surface area (Å²) in [4.78, 5) is 2.58. The topological polar surface area (TPSA) is 15.3 Å². The van der Waals surface area contributed by atoms with Crippen molar-refractivity contribution in [3.8, 4) is 0 Å². The third-order valence-corrected chi connectivity index (χ3v) is 5.27. The lowest BCUT2D eigenvalue weighted by Gasteiger charge is -2.36. The number of hydrogen-bond donors (Lipinski definition) is 1. The number of hydrogen-bond acceptors (Lipinski definition) is 2. The molecule has 1 N–H and O–H groups in total. The van der Waals surface area contributed by atoms with E-state index in [1.165, 1.54) is 50.9 Å². The second-order valence-corrected chi connectivity index (χ2v) is 6.79. The first kappa shape index (κ1) is 17.7. The van der Waals surface area contributed by atoms with Gasteiger partial charge in [0.15, 0.2) is 0 Å². The van der Waals surface area contributed by atoms with Gasteiger partial charge in [0.05, 0.1) is 0 Å². The normalized spacial score (nSPS) is 24.9. The Labute approximate surface area is 139 Å². The molecule has 2 heterocycles. The highest BCUT2D eigenvalue weighted by atomic mass is 35.5. The molecule has 2 unspecified atom stereocenters. The van der Waals surface area contributed by atoms with Crippen LogP contribution in [0.4, 0.5) is 4.39 Å². The first-order chi connectivity index (χ1) is 10.2. The molecule has 0 bridgehead atoms. The van der Waals surface area contributed by atoms with Gasteiger partial charge in [0.2, 0.25) is 0 Å². The minimum atomic E-state index is -0.143. The minimum Gasteiger partial charge on any atom is -0.314 e. The molecular formula is C18H28ClFN2. The van der Waals surface area contributed by atoms with E-state index in [9.17, 15) is 4.39 Å². The molecule has 2 atom stereocenters. The Hall–Kier alpha value is -0.640. The van der Waals surface area contributed by atoms with E-state index in [4.69, 9.17) is 0 Å². The fraction of sp³-hybridized carbons (Fsp3) is 0.667. The van der Waals surface area contributed by atoms with Crippen molar-refractivity contribution in [3.05, 3.63) is 35.6 Å². The van der Waals surface area contributed by atoms with Crippen molar-refractivity contribution in [2.45, 2.75) is 44.6 Å². The van der Waals surface area contributed by atoms with Gasteiger partial charge in [-0.05, 0) is 74.8 Å². The van der Waals surface area contributed by atoms with Gasteiger partial charge in [-0.25, -0.2) is 4.39 Å². The highest BCUT2D eigenvalue weighted by Gasteiger charge is 2.28. The van der Waals surface area contributed by atoms with Crippen LogP contribution in [0.15, 0.2) is 24.3 Å². The van der Waals surface area contributed by atoms with Crippen LogP contribution in [0.5, 0.6) is 0 Å². The maximum absolute atomic E-state index is 13.0. The fourth-order valence-electron chi connectivity index (χ4n) is 3.94. The van der Waals surface area contributed by atoms with Gasteiger partial charge in [0.25, 0.3) is 0 Å². The van der Waals surface area contributed by atoms with Gasteiger partial charge >= 0.3 is 0 Å². The van der Waals surface area contributed by atoms with E-state index in [0.29, 0.717) is 5.92 Å². The van der Waals surface area contributed by atoms with Gasteiger partial charge in [0.1, 0.15) is 5.82 Å². The molecule has 2 fully saturated rings. The van der Waals surface area contributed by atoms with E-state index in [1.54, 1.807) is 12.1 Å². The predicted octanol–water partition coefficient (Wildman–Crippen LogP) is 3.82. The summed E-state index contributed by atoms with van der Waals surface area (Å²) < 4.78 is 13.0. The SMILES string of the molecule is CC(CN1CCC(C2CCCN2)CC1)c1ccc(F)cc1.Cl. The first-order valence-corrected chi connectivity index (χ1v) is 8.43. The Bertz CT molecular complexity index is 437. The molecule has 0 saturated carbocycles. The van der Waals surface area contributed by atoms with Gasteiger partial charge in [-0.15, -0.1) is 12.4 Å². The van der Waals surface area contributed by atoms with E-state index in [2.05, 4.69) is 17.1 Å². The third kappa shape index (κ3) is 4.43. The fourth-order valence-corrected chi connectivity index (χ4v) is 3.94. The predicted molar refractivity (Wildman–Crippen MR) is 92.3 cm³/mol. The number of nitrogens with zero attached hydrogens (tertiary/aromatic N) is 1. The number of halogens is 2. The molecule has 124 valence electrons. The van der Waals surface area contributed by atoms with Gasteiger partial charge in [-0.3, -0.25) is 0 Å². The van der Waals surface area contributed by atoms with Crippen LogP contribution in [-0.4, -0.2) is 37.1 Å². The highest BCUT2D eigenvalue weighted by molar-refractivity contribution is 5.85. The summed E-state index contributed by atoms with van der Waals surface area (Å²) in [5.74, 6) is 1.22. The molecule has 1 aromatic rings. The van der Waals surface area contributed by atoms with Crippen molar-refractivity contribution in [2.24, 2.45) is 5.92 Å². The van der Waals surface area contributed by atoms with Crippen LogP contribution in [0.25, 0.3) is 0 Å². The largest absolute Gasteiger partial charge is 0.314 e. The monoisotopic (exact) mass is 326 g/mol. The third-order valence-electron chi connectivity index (χ3n) is 5.27. The van der Waals surface area contributed by atoms with E-state index in [0.717, 1.165) is 18.5 Å². The first-order valence-electron chi connectivity index (χ1n) is 8.43. The van der Waals surface area contributed by atoms with Crippen LogP contribution in [0.1, 0.15) is 44.1 Å². The van der Waals surface area contributed by atoms with E-state index in [1.807, 2.05) is 12.1 Å². The van der Waals surface area contributed by atoms with E-state index < -0.39 is 0 Å². The zero-order valence-corrected chi connectivity index (χ0v) is 14.2. The molecule has 3 rings (SSSR count). The second-order valence-electron chi connectivity index (χ2n) is 6.79. The number of benzene rings is 1. The molecular weight excluding hydrogens is 299 g/mol. The molecule has 0 spiro atoms. The Morgan fingerprint density at radius 2 is 1.86 bits per heavy atom. The van der Waals surface area contributed by atoms with Gasteiger partial charge in [-0.2, -0.15) is 0 Å². The van der Waals surface area contributed by atoms with Crippen molar-refractivity contribution in [2.75, 3.05) is 26.2 Å². The zero-order valence-electron chi connectivity index (χ0n) is 13.4. The molecule has 2 nitrogen and oxygen atoms in total. The number of nitrogens with one attached hydrogen (secondary N) is 1. The Morgan fingerprint density at radius 1 is 1.18 bits per heavy atom. The molecule has 4 heteroatoms. The standard InChI is InChI=1S/C18H27FN2.ClH/c1-14(15-4-6-17(19)7-5-15)13-21-11-8-16(9-12-21)18-3-2-10-20-18;/h4-7,14,16,18,20H,2-3,8-13H2,1H3;1H. The lowest BCUT2D eigenvalue weighted by molar-refractivity contribution is 0.158. The smallest absolute Gasteiger partial charge is 0.123 e. The van der Waals surface area contributed by atoms with Gasteiger partial charge < -0.3 is 10.2 Å². The summed E-state index contributed by atoms with van der Waals surface area (Å²) in [5, 5.41) is 3.66.